The highest BCUT2D eigenvalue weighted by molar-refractivity contribution is 7.08. The summed E-state index contributed by atoms with van der Waals surface area (Å²) in [5, 5.41) is 16.4. The van der Waals surface area contributed by atoms with Crippen LogP contribution < -0.4 is 5.32 Å². The number of halogens is 1. The lowest BCUT2D eigenvalue weighted by Gasteiger charge is -2.46. The Balaban J connectivity index is 1.33. The van der Waals surface area contributed by atoms with Gasteiger partial charge < -0.3 is 15.2 Å². The van der Waals surface area contributed by atoms with E-state index in [2.05, 4.69) is 29.6 Å². The minimum Gasteiger partial charge on any atom is -0.481 e. The van der Waals surface area contributed by atoms with Crippen LogP contribution in [0.3, 0.4) is 0 Å². The number of carboxylic acids is 1. The van der Waals surface area contributed by atoms with E-state index >= 15 is 0 Å². The molecule has 2 N–H and O–H groups in total. The third kappa shape index (κ3) is 3.40. The monoisotopic (exact) mass is 453 g/mol. The molecule has 0 bridgehead atoms. The Morgan fingerprint density at radius 3 is 2.23 bits per heavy atom. The number of alkyl carbamates (subject to hydrolysis) is 1. The lowest BCUT2D eigenvalue weighted by atomic mass is 9.65. The number of fused-ring (bicyclic) bond motifs is 3. The SMILES string of the molecule is O=C(NC1(c2cscc2Cl)CC(C(=O)O)C1)OCC1c2ccccc2-c2ccccc21. The van der Waals surface area contributed by atoms with Crippen molar-refractivity contribution in [2.75, 3.05) is 6.61 Å². The van der Waals surface area contributed by atoms with Crippen molar-refractivity contribution in [2.24, 2.45) is 5.92 Å². The number of ether oxygens (including phenoxy) is 1. The van der Waals surface area contributed by atoms with Crippen LogP contribution in [-0.2, 0) is 15.1 Å². The Morgan fingerprint density at radius 1 is 1.06 bits per heavy atom. The number of carboxylic acid groups (broad SMARTS) is 1. The van der Waals surface area contributed by atoms with Crippen molar-refractivity contribution in [3.05, 3.63) is 81.0 Å². The summed E-state index contributed by atoms with van der Waals surface area (Å²) in [5.74, 6) is -1.41. The minimum atomic E-state index is -0.865. The molecule has 5 nitrogen and oxygen atoms in total. The van der Waals surface area contributed by atoms with E-state index in [1.165, 1.54) is 11.3 Å². The van der Waals surface area contributed by atoms with Gasteiger partial charge in [0.25, 0.3) is 0 Å². The van der Waals surface area contributed by atoms with Crippen LogP contribution in [0.15, 0.2) is 59.3 Å². The molecule has 1 heterocycles. The average Bonchev–Trinajstić information content (AvgIpc) is 3.30. The molecular weight excluding hydrogens is 434 g/mol. The van der Waals surface area contributed by atoms with E-state index in [1.54, 1.807) is 5.38 Å². The topological polar surface area (TPSA) is 75.6 Å². The predicted molar refractivity (Wildman–Crippen MR) is 120 cm³/mol. The van der Waals surface area contributed by atoms with E-state index in [0.29, 0.717) is 17.9 Å². The first kappa shape index (κ1) is 20.1. The van der Waals surface area contributed by atoms with E-state index in [-0.39, 0.29) is 12.5 Å². The van der Waals surface area contributed by atoms with Gasteiger partial charge in [-0.15, -0.1) is 0 Å². The fourth-order valence-corrected chi connectivity index (χ4v) is 6.06. The normalized spacial score (nSPS) is 21.6. The van der Waals surface area contributed by atoms with Crippen LogP contribution in [-0.4, -0.2) is 23.8 Å². The summed E-state index contributed by atoms with van der Waals surface area (Å²) in [6, 6.07) is 16.3. The van der Waals surface area contributed by atoms with E-state index in [1.807, 2.05) is 29.6 Å². The van der Waals surface area contributed by atoms with Gasteiger partial charge in [-0.3, -0.25) is 4.79 Å². The molecule has 1 amide bonds. The van der Waals surface area contributed by atoms with Gasteiger partial charge in [-0.25, -0.2) is 4.79 Å². The molecule has 1 aromatic heterocycles. The molecule has 7 heteroatoms. The second-order valence-corrected chi connectivity index (χ2v) is 9.26. The third-order valence-corrected chi connectivity index (χ3v) is 7.54. The molecule has 2 aliphatic carbocycles. The molecule has 0 radical (unpaired) electrons. The maximum atomic E-state index is 12.8. The van der Waals surface area contributed by atoms with Gasteiger partial charge in [0, 0.05) is 16.9 Å². The zero-order chi connectivity index (χ0) is 21.6. The molecule has 0 atom stereocenters. The van der Waals surface area contributed by atoms with Crippen molar-refractivity contribution in [1.29, 1.82) is 0 Å². The van der Waals surface area contributed by atoms with Crippen molar-refractivity contribution in [3.63, 3.8) is 0 Å². The van der Waals surface area contributed by atoms with Crippen molar-refractivity contribution >= 4 is 35.0 Å². The van der Waals surface area contributed by atoms with Crippen molar-refractivity contribution in [2.45, 2.75) is 24.3 Å². The Hall–Kier alpha value is -2.83. The Kier molecular flexibility index (Phi) is 4.99. The summed E-state index contributed by atoms with van der Waals surface area (Å²) in [4.78, 5) is 24.2. The smallest absolute Gasteiger partial charge is 0.407 e. The molecule has 1 fully saturated rings. The van der Waals surface area contributed by atoms with Gasteiger partial charge in [-0.1, -0.05) is 60.1 Å². The highest BCUT2D eigenvalue weighted by Crippen LogP contribution is 2.49. The molecule has 31 heavy (non-hydrogen) atoms. The number of aliphatic carboxylic acids is 1. The molecule has 5 rings (SSSR count). The maximum absolute atomic E-state index is 12.8. The van der Waals surface area contributed by atoms with Crippen molar-refractivity contribution < 1.29 is 19.4 Å². The second-order valence-electron chi connectivity index (χ2n) is 8.11. The van der Waals surface area contributed by atoms with E-state index in [9.17, 15) is 14.7 Å². The number of benzene rings is 2. The van der Waals surface area contributed by atoms with Crippen LogP contribution in [0.5, 0.6) is 0 Å². The van der Waals surface area contributed by atoms with Crippen LogP contribution in [0, 0.1) is 5.92 Å². The lowest BCUT2D eigenvalue weighted by molar-refractivity contribution is -0.148. The van der Waals surface area contributed by atoms with Crippen LogP contribution >= 0.6 is 22.9 Å². The molecule has 1 saturated carbocycles. The quantitative estimate of drug-likeness (QED) is 0.525. The van der Waals surface area contributed by atoms with E-state index in [0.717, 1.165) is 27.8 Å². The number of thiophene rings is 1. The Bertz CT molecular complexity index is 1120. The third-order valence-electron chi connectivity index (χ3n) is 6.35. The summed E-state index contributed by atoms with van der Waals surface area (Å²) in [7, 11) is 0. The van der Waals surface area contributed by atoms with Gasteiger partial charge in [0.15, 0.2) is 0 Å². The van der Waals surface area contributed by atoms with Crippen molar-refractivity contribution in [1.82, 2.24) is 5.32 Å². The Labute approximate surface area is 188 Å². The number of hydrogen-bond acceptors (Lipinski definition) is 4. The van der Waals surface area contributed by atoms with Gasteiger partial charge in [0.1, 0.15) is 6.61 Å². The highest BCUT2D eigenvalue weighted by atomic mass is 35.5. The molecule has 0 unspecified atom stereocenters. The molecule has 0 saturated heterocycles. The lowest BCUT2D eigenvalue weighted by Crippen LogP contribution is -2.56. The summed E-state index contributed by atoms with van der Waals surface area (Å²) in [6.07, 6.45) is 0.0272. The summed E-state index contributed by atoms with van der Waals surface area (Å²) >= 11 is 7.74. The second kappa shape index (κ2) is 7.70. The summed E-state index contributed by atoms with van der Waals surface area (Å²) < 4.78 is 5.67. The largest absolute Gasteiger partial charge is 0.481 e. The molecule has 0 aliphatic heterocycles. The zero-order valence-electron chi connectivity index (χ0n) is 16.5. The number of carbonyl (C=O) groups excluding carboxylic acids is 1. The standard InChI is InChI=1S/C24H20ClNO4S/c25-21-13-31-12-20(21)24(9-14(10-24)22(27)28)26-23(29)30-11-19-17-7-3-1-5-15(17)16-6-2-4-8-18(16)19/h1-8,12-14,19H,9-11H2,(H,26,29)(H,27,28). The zero-order valence-corrected chi connectivity index (χ0v) is 18.1. The van der Waals surface area contributed by atoms with Crippen LogP contribution in [0.25, 0.3) is 11.1 Å². The molecule has 2 aromatic carbocycles. The molecule has 0 spiro atoms. The Morgan fingerprint density at radius 2 is 1.68 bits per heavy atom. The summed E-state index contributed by atoms with van der Waals surface area (Å²) in [6.45, 7) is 0.204. The van der Waals surface area contributed by atoms with Crippen LogP contribution in [0.2, 0.25) is 5.02 Å². The fraction of sp³-hybridized carbons (Fsp3) is 0.250. The fourth-order valence-electron chi connectivity index (χ4n) is 4.80. The number of nitrogens with one attached hydrogen (secondary N) is 1. The average molecular weight is 454 g/mol. The first-order valence-corrected chi connectivity index (χ1v) is 11.4. The first-order chi connectivity index (χ1) is 15.0. The van der Waals surface area contributed by atoms with E-state index < -0.39 is 23.5 Å². The number of rotatable bonds is 5. The van der Waals surface area contributed by atoms with Crippen LogP contribution in [0.4, 0.5) is 4.79 Å². The van der Waals surface area contributed by atoms with Gasteiger partial charge in [0.2, 0.25) is 0 Å². The summed E-state index contributed by atoms with van der Waals surface area (Å²) in [5.41, 5.74) is 4.56. The van der Waals surface area contributed by atoms with Crippen molar-refractivity contribution in [3.8, 4) is 11.1 Å². The van der Waals surface area contributed by atoms with Crippen LogP contribution in [0.1, 0.15) is 35.4 Å². The van der Waals surface area contributed by atoms with E-state index in [4.69, 9.17) is 16.3 Å². The molecular formula is C24H20ClNO4S. The minimum absolute atomic E-state index is 0.0352. The first-order valence-electron chi connectivity index (χ1n) is 10.1. The van der Waals surface area contributed by atoms with Gasteiger partial charge >= 0.3 is 12.1 Å². The van der Waals surface area contributed by atoms with Gasteiger partial charge in [-0.05, 0) is 40.5 Å². The molecule has 2 aliphatic rings. The number of carbonyl (C=O) groups is 2. The number of amides is 1. The molecule has 158 valence electrons. The van der Waals surface area contributed by atoms with Gasteiger partial charge in [0.05, 0.1) is 16.5 Å². The molecule has 3 aromatic rings. The van der Waals surface area contributed by atoms with Gasteiger partial charge in [-0.2, -0.15) is 11.3 Å². The number of hydrogen-bond donors (Lipinski definition) is 2. The predicted octanol–water partition coefficient (Wildman–Crippen LogP) is 5.63. The maximum Gasteiger partial charge on any atom is 0.407 e. The highest BCUT2D eigenvalue weighted by Gasteiger charge is 2.51.